The number of ether oxygens (including phenoxy) is 1. The van der Waals surface area contributed by atoms with Gasteiger partial charge in [0.15, 0.2) is 5.75 Å². The van der Waals surface area contributed by atoms with Crippen LogP contribution in [0.4, 0.5) is 16.3 Å². The molecule has 1 atom stereocenters. The van der Waals surface area contributed by atoms with Crippen molar-refractivity contribution in [3.63, 3.8) is 0 Å². The lowest BCUT2D eigenvalue weighted by Gasteiger charge is -2.39. The molecule has 1 spiro atoms. The van der Waals surface area contributed by atoms with Crippen LogP contribution < -0.4 is 19.9 Å². The topological polar surface area (TPSA) is 74.8 Å². The van der Waals surface area contributed by atoms with Crippen LogP contribution in [0.2, 0.25) is 5.02 Å². The maximum atomic E-state index is 13.4. The van der Waals surface area contributed by atoms with Crippen molar-refractivity contribution >= 4 is 35.1 Å². The van der Waals surface area contributed by atoms with Gasteiger partial charge in [-0.05, 0) is 50.5 Å². The zero-order valence-corrected chi connectivity index (χ0v) is 17.7. The molecule has 0 aliphatic carbocycles. The van der Waals surface area contributed by atoms with Crippen LogP contribution in [0.5, 0.6) is 5.75 Å². The fourth-order valence-corrected chi connectivity index (χ4v) is 4.57. The molecular weight excluding hydrogens is 404 g/mol. The molecule has 0 bridgehead atoms. The average Bonchev–Trinajstić information content (AvgIpc) is 3.04. The summed E-state index contributed by atoms with van der Waals surface area (Å²) in [4.78, 5) is 33.4. The van der Waals surface area contributed by atoms with Crippen LogP contribution in [0.15, 0.2) is 42.6 Å². The van der Waals surface area contributed by atoms with Crippen LogP contribution >= 0.6 is 11.6 Å². The molecule has 1 unspecified atom stereocenters. The Bertz CT molecular complexity index is 936. The van der Waals surface area contributed by atoms with Crippen molar-refractivity contribution in [1.29, 1.82) is 0 Å². The quantitative estimate of drug-likeness (QED) is 0.800. The Morgan fingerprint density at radius 2 is 2.07 bits per heavy atom. The van der Waals surface area contributed by atoms with Crippen LogP contribution in [-0.2, 0) is 4.79 Å². The number of hydrogen-bond donors (Lipinski definition) is 1. The Hall–Kier alpha value is -2.80. The molecule has 0 radical (unpaired) electrons. The summed E-state index contributed by atoms with van der Waals surface area (Å²) >= 11 is 6.34. The second-order valence-corrected chi connectivity index (χ2v) is 8.14. The maximum absolute atomic E-state index is 13.4. The van der Waals surface area contributed by atoms with E-state index < -0.39 is 11.5 Å². The first-order chi connectivity index (χ1) is 14.5. The molecule has 2 aliphatic heterocycles. The van der Waals surface area contributed by atoms with E-state index in [2.05, 4.69) is 15.2 Å². The SMILES string of the molecule is CCNC(=O)Oc1ccc(N2CCCC3(CCN(c4ccccc4Cl)C3=O)C2)nc1. The van der Waals surface area contributed by atoms with E-state index in [-0.39, 0.29) is 5.91 Å². The molecule has 1 aromatic heterocycles. The van der Waals surface area contributed by atoms with E-state index in [0.717, 1.165) is 37.3 Å². The molecule has 158 valence electrons. The Balaban J connectivity index is 1.48. The normalized spacial score (nSPS) is 21.2. The van der Waals surface area contributed by atoms with Gasteiger partial charge >= 0.3 is 6.09 Å². The predicted octanol–water partition coefficient (Wildman–Crippen LogP) is 3.87. The molecule has 0 saturated carbocycles. The summed E-state index contributed by atoms with van der Waals surface area (Å²) in [6.45, 7) is 4.45. The minimum Gasteiger partial charge on any atom is -0.409 e. The number of rotatable bonds is 4. The van der Waals surface area contributed by atoms with Crippen molar-refractivity contribution in [3.05, 3.63) is 47.6 Å². The van der Waals surface area contributed by atoms with Crippen molar-refractivity contribution in [2.45, 2.75) is 26.2 Å². The number of anilines is 2. The third-order valence-electron chi connectivity index (χ3n) is 5.81. The summed E-state index contributed by atoms with van der Waals surface area (Å²) in [6, 6.07) is 11.0. The first kappa shape index (κ1) is 20.5. The molecule has 8 heteroatoms. The van der Waals surface area contributed by atoms with E-state index in [0.29, 0.717) is 30.4 Å². The van der Waals surface area contributed by atoms with Gasteiger partial charge in [0.2, 0.25) is 5.91 Å². The monoisotopic (exact) mass is 428 g/mol. The second kappa shape index (κ2) is 8.52. The van der Waals surface area contributed by atoms with Gasteiger partial charge in [0.1, 0.15) is 5.82 Å². The highest BCUT2D eigenvalue weighted by atomic mass is 35.5. The zero-order valence-electron chi connectivity index (χ0n) is 16.9. The van der Waals surface area contributed by atoms with E-state index in [1.165, 1.54) is 0 Å². The lowest BCUT2D eigenvalue weighted by molar-refractivity contribution is -0.126. The molecule has 2 aromatic rings. The first-order valence-corrected chi connectivity index (χ1v) is 10.6. The van der Waals surface area contributed by atoms with E-state index in [1.807, 2.05) is 42.2 Å². The first-order valence-electron chi connectivity index (χ1n) is 10.3. The van der Waals surface area contributed by atoms with Crippen molar-refractivity contribution in [1.82, 2.24) is 10.3 Å². The van der Waals surface area contributed by atoms with Crippen molar-refractivity contribution in [2.75, 3.05) is 36.0 Å². The van der Waals surface area contributed by atoms with Gasteiger partial charge in [0.25, 0.3) is 0 Å². The smallest absolute Gasteiger partial charge is 0.409 e. The molecule has 7 nitrogen and oxygen atoms in total. The number of amides is 2. The minimum atomic E-state index is -0.500. The molecule has 2 saturated heterocycles. The number of para-hydroxylation sites is 1. The molecule has 2 fully saturated rings. The van der Waals surface area contributed by atoms with Gasteiger partial charge in [0, 0.05) is 26.2 Å². The van der Waals surface area contributed by atoms with Gasteiger partial charge in [-0.15, -0.1) is 0 Å². The Morgan fingerprint density at radius 1 is 1.23 bits per heavy atom. The molecule has 30 heavy (non-hydrogen) atoms. The van der Waals surface area contributed by atoms with Gasteiger partial charge in [-0.1, -0.05) is 23.7 Å². The number of nitrogens with zero attached hydrogens (tertiary/aromatic N) is 3. The number of aromatic nitrogens is 1. The average molecular weight is 429 g/mol. The second-order valence-electron chi connectivity index (χ2n) is 7.74. The highest BCUT2D eigenvalue weighted by Gasteiger charge is 2.49. The summed E-state index contributed by atoms with van der Waals surface area (Å²) < 4.78 is 5.18. The molecule has 2 amide bonds. The number of carbonyl (C=O) groups excluding carboxylic acids is 2. The Labute approximate surface area is 181 Å². The Kier molecular flexibility index (Phi) is 5.81. The zero-order chi connectivity index (χ0) is 21.1. The summed E-state index contributed by atoms with van der Waals surface area (Å²) in [5.41, 5.74) is 0.359. The highest BCUT2D eigenvalue weighted by Crippen LogP contribution is 2.43. The van der Waals surface area contributed by atoms with Gasteiger partial charge < -0.3 is 19.9 Å². The van der Waals surface area contributed by atoms with Crippen LogP contribution in [0.25, 0.3) is 0 Å². The molecule has 4 rings (SSSR count). The largest absolute Gasteiger partial charge is 0.412 e. The fraction of sp³-hybridized carbons (Fsp3) is 0.409. The van der Waals surface area contributed by atoms with Crippen molar-refractivity contribution in [2.24, 2.45) is 5.41 Å². The summed E-state index contributed by atoms with van der Waals surface area (Å²) in [7, 11) is 0. The maximum Gasteiger partial charge on any atom is 0.412 e. The predicted molar refractivity (Wildman–Crippen MR) is 116 cm³/mol. The summed E-state index contributed by atoms with van der Waals surface area (Å²) in [5.74, 6) is 1.30. The number of piperidine rings is 1. The number of nitrogens with one attached hydrogen (secondary N) is 1. The Morgan fingerprint density at radius 3 is 2.80 bits per heavy atom. The van der Waals surface area contributed by atoms with Crippen LogP contribution in [0.3, 0.4) is 0 Å². The molecule has 1 N–H and O–H groups in total. The lowest BCUT2D eigenvalue weighted by atomic mass is 9.78. The summed E-state index contributed by atoms with van der Waals surface area (Å²) in [5, 5.41) is 3.18. The number of benzene rings is 1. The van der Waals surface area contributed by atoms with E-state index >= 15 is 0 Å². The molecule has 2 aliphatic rings. The van der Waals surface area contributed by atoms with Crippen molar-refractivity contribution in [3.8, 4) is 5.75 Å². The van der Waals surface area contributed by atoms with Gasteiger partial charge in [0.05, 0.1) is 22.3 Å². The summed E-state index contributed by atoms with van der Waals surface area (Å²) in [6.07, 6.45) is 3.62. The fourth-order valence-electron chi connectivity index (χ4n) is 4.33. The third-order valence-corrected chi connectivity index (χ3v) is 6.13. The standard InChI is InChI=1S/C22H25ClN4O3/c1-2-24-21(29)30-16-8-9-19(25-14-16)26-12-5-10-22(15-26)11-13-27(20(22)28)18-7-4-3-6-17(18)23/h3-4,6-9,14H,2,5,10-13,15H2,1H3,(H,24,29). The van der Waals surface area contributed by atoms with Crippen LogP contribution in [0.1, 0.15) is 26.2 Å². The van der Waals surface area contributed by atoms with E-state index in [1.54, 1.807) is 12.3 Å². The minimum absolute atomic E-state index is 0.136. The number of halogens is 1. The molecule has 3 heterocycles. The highest BCUT2D eigenvalue weighted by molar-refractivity contribution is 6.34. The van der Waals surface area contributed by atoms with E-state index in [4.69, 9.17) is 16.3 Å². The number of hydrogen-bond acceptors (Lipinski definition) is 5. The van der Waals surface area contributed by atoms with Gasteiger partial charge in [-0.3, -0.25) is 4.79 Å². The van der Waals surface area contributed by atoms with Gasteiger partial charge in [-0.25, -0.2) is 9.78 Å². The van der Waals surface area contributed by atoms with E-state index in [9.17, 15) is 9.59 Å². The van der Waals surface area contributed by atoms with Crippen molar-refractivity contribution < 1.29 is 14.3 Å². The van der Waals surface area contributed by atoms with Gasteiger partial charge in [-0.2, -0.15) is 0 Å². The molecule has 1 aromatic carbocycles. The van der Waals surface area contributed by atoms with Crippen LogP contribution in [0, 0.1) is 5.41 Å². The van der Waals surface area contributed by atoms with Crippen LogP contribution in [-0.4, -0.2) is 43.2 Å². The number of carbonyl (C=O) groups is 2. The lowest BCUT2D eigenvalue weighted by Crippen LogP contribution is -2.48. The molecular formula is C22H25ClN4O3. The third kappa shape index (κ3) is 3.94. The number of pyridine rings is 1.